The minimum atomic E-state index is 0.169. The lowest BCUT2D eigenvalue weighted by molar-refractivity contribution is 0.246. The Balaban J connectivity index is 1.67. The molecule has 3 heteroatoms. The van der Waals surface area contributed by atoms with E-state index in [0.29, 0.717) is 0 Å². The van der Waals surface area contributed by atoms with E-state index >= 15 is 0 Å². The molecule has 1 unspecified atom stereocenters. The molecule has 0 radical (unpaired) electrons. The Bertz CT molecular complexity index is 619. The predicted octanol–water partition coefficient (Wildman–Crippen LogP) is 4.37. The summed E-state index contributed by atoms with van der Waals surface area (Å²) in [5.74, 6) is 0.961. The lowest BCUT2D eigenvalue weighted by Gasteiger charge is -2.16. The number of nitrogens with one attached hydrogen (secondary N) is 1. The summed E-state index contributed by atoms with van der Waals surface area (Å²) in [5.41, 5.74) is 4.95. The van der Waals surface area contributed by atoms with Crippen LogP contribution in [0.5, 0.6) is 5.75 Å². The molecule has 1 aliphatic heterocycles. The number of hydrogen-bond donors (Lipinski definition) is 1. The third-order valence-corrected chi connectivity index (χ3v) is 3.99. The van der Waals surface area contributed by atoms with E-state index in [4.69, 9.17) is 16.3 Å². The van der Waals surface area contributed by atoms with Gasteiger partial charge in [-0.2, -0.15) is 0 Å². The molecular formula is C17H18ClNO. The van der Waals surface area contributed by atoms with Gasteiger partial charge in [0.25, 0.3) is 0 Å². The molecule has 0 saturated carbocycles. The van der Waals surface area contributed by atoms with Gasteiger partial charge < -0.3 is 10.1 Å². The molecule has 0 saturated heterocycles. The maximum Gasteiger partial charge on any atom is 0.123 e. The van der Waals surface area contributed by atoms with E-state index in [1.165, 1.54) is 22.4 Å². The Morgan fingerprint density at radius 3 is 2.70 bits per heavy atom. The quantitative estimate of drug-likeness (QED) is 0.905. The van der Waals surface area contributed by atoms with E-state index < -0.39 is 0 Å². The van der Waals surface area contributed by atoms with Crippen molar-refractivity contribution in [3.05, 3.63) is 58.1 Å². The van der Waals surface area contributed by atoms with Crippen molar-refractivity contribution in [2.24, 2.45) is 0 Å². The van der Waals surface area contributed by atoms with Gasteiger partial charge in [0, 0.05) is 17.1 Å². The molecule has 1 aliphatic rings. The lowest BCUT2D eigenvalue weighted by atomic mass is 10.1. The van der Waals surface area contributed by atoms with Crippen LogP contribution in [0.25, 0.3) is 0 Å². The first kappa shape index (κ1) is 13.3. The number of hydrogen-bond acceptors (Lipinski definition) is 2. The maximum absolute atomic E-state index is 6.01. The molecule has 0 spiro atoms. The second kappa shape index (κ2) is 5.37. The highest BCUT2D eigenvalue weighted by atomic mass is 35.5. The number of rotatable bonds is 3. The number of para-hydroxylation sites is 1. The Morgan fingerprint density at radius 2 is 1.95 bits per heavy atom. The fourth-order valence-electron chi connectivity index (χ4n) is 2.71. The first-order chi connectivity index (χ1) is 9.63. The summed E-state index contributed by atoms with van der Waals surface area (Å²) in [4.78, 5) is 0. The Morgan fingerprint density at radius 1 is 1.20 bits per heavy atom. The highest BCUT2D eigenvalue weighted by Crippen LogP contribution is 2.31. The van der Waals surface area contributed by atoms with Crippen LogP contribution in [0.2, 0.25) is 5.02 Å². The molecule has 20 heavy (non-hydrogen) atoms. The lowest BCUT2D eigenvalue weighted by Crippen LogP contribution is -2.24. The summed E-state index contributed by atoms with van der Waals surface area (Å²) in [6, 6.07) is 12.2. The van der Waals surface area contributed by atoms with Crippen molar-refractivity contribution in [1.82, 2.24) is 0 Å². The molecule has 1 N–H and O–H groups in total. The normalized spacial score (nSPS) is 16.6. The van der Waals surface area contributed by atoms with Crippen molar-refractivity contribution in [3.8, 4) is 5.75 Å². The average Bonchev–Trinajstić information content (AvgIpc) is 2.80. The van der Waals surface area contributed by atoms with Gasteiger partial charge in [-0.25, -0.2) is 0 Å². The fourth-order valence-corrected chi connectivity index (χ4v) is 2.91. The molecule has 0 bridgehead atoms. The van der Waals surface area contributed by atoms with Gasteiger partial charge in [-0.15, -0.1) is 0 Å². The number of halogens is 1. The number of anilines is 1. The summed E-state index contributed by atoms with van der Waals surface area (Å²) in [5, 5.41) is 4.29. The van der Waals surface area contributed by atoms with Crippen LogP contribution in [0.4, 0.5) is 5.69 Å². The van der Waals surface area contributed by atoms with Crippen LogP contribution >= 0.6 is 11.6 Å². The molecule has 1 heterocycles. The summed E-state index contributed by atoms with van der Waals surface area (Å²) >= 11 is 6.01. The third kappa shape index (κ3) is 2.61. The smallest absolute Gasteiger partial charge is 0.123 e. The molecule has 0 aliphatic carbocycles. The van der Waals surface area contributed by atoms with Crippen molar-refractivity contribution < 1.29 is 4.74 Å². The predicted molar refractivity (Wildman–Crippen MR) is 84.0 cm³/mol. The second-order valence-corrected chi connectivity index (χ2v) is 5.78. The van der Waals surface area contributed by atoms with Crippen LogP contribution in [0, 0.1) is 13.8 Å². The maximum atomic E-state index is 6.01. The highest BCUT2D eigenvalue weighted by molar-refractivity contribution is 6.30. The van der Waals surface area contributed by atoms with Gasteiger partial charge in [-0.1, -0.05) is 29.8 Å². The molecular weight excluding hydrogens is 270 g/mol. The number of fused-ring (bicyclic) bond motifs is 1. The molecule has 0 aromatic heterocycles. The Labute approximate surface area is 124 Å². The highest BCUT2D eigenvalue weighted by Gasteiger charge is 2.22. The SMILES string of the molecule is Cc1cccc(C)c1NCC1Cc2cc(Cl)ccc2O1. The molecule has 2 nitrogen and oxygen atoms in total. The number of aryl methyl sites for hydroxylation is 2. The summed E-state index contributed by atoms with van der Waals surface area (Å²) in [6.07, 6.45) is 1.08. The van der Waals surface area contributed by atoms with Crippen LogP contribution in [0.1, 0.15) is 16.7 Å². The van der Waals surface area contributed by atoms with Gasteiger partial charge in [-0.3, -0.25) is 0 Å². The van der Waals surface area contributed by atoms with Crippen molar-refractivity contribution in [1.29, 1.82) is 0 Å². The zero-order valence-corrected chi connectivity index (χ0v) is 12.5. The van der Waals surface area contributed by atoms with E-state index in [9.17, 15) is 0 Å². The van der Waals surface area contributed by atoms with E-state index in [-0.39, 0.29) is 6.10 Å². The Hall–Kier alpha value is -1.67. The fraction of sp³-hybridized carbons (Fsp3) is 0.294. The Kier molecular flexibility index (Phi) is 3.58. The van der Waals surface area contributed by atoms with Crippen molar-refractivity contribution in [3.63, 3.8) is 0 Å². The van der Waals surface area contributed by atoms with Crippen molar-refractivity contribution in [2.45, 2.75) is 26.4 Å². The minimum absolute atomic E-state index is 0.169. The van der Waals surface area contributed by atoms with E-state index in [2.05, 4.69) is 37.4 Å². The van der Waals surface area contributed by atoms with E-state index in [1.54, 1.807) is 0 Å². The molecule has 0 fully saturated rings. The van der Waals surface area contributed by atoms with Crippen LogP contribution in [-0.4, -0.2) is 12.6 Å². The first-order valence-electron chi connectivity index (χ1n) is 6.88. The van der Waals surface area contributed by atoms with Gasteiger partial charge in [0.05, 0.1) is 6.54 Å². The second-order valence-electron chi connectivity index (χ2n) is 5.34. The van der Waals surface area contributed by atoms with Crippen LogP contribution in [0.15, 0.2) is 36.4 Å². The summed E-state index contributed by atoms with van der Waals surface area (Å²) < 4.78 is 5.94. The molecule has 1 atom stereocenters. The zero-order chi connectivity index (χ0) is 14.1. The van der Waals surface area contributed by atoms with E-state index in [1.807, 2.05) is 18.2 Å². The van der Waals surface area contributed by atoms with Crippen molar-refractivity contribution >= 4 is 17.3 Å². The molecule has 2 aromatic rings. The van der Waals surface area contributed by atoms with E-state index in [0.717, 1.165) is 23.7 Å². The summed E-state index contributed by atoms with van der Waals surface area (Å²) in [7, 11) is 0. The van der Waals surface area contributed by atoms with Gasteiger partial charge in [0.15, 0.2) is 0 Å². The van der Waals surface area contributed by atoms with Gasteiger partial charge >= 0.3 is 0 Å². The summed E-state index contributed by atoms with van der Waals surface area (Å²) in [6.45, 7) is 5.05. The van der Waals surface area contributed by atoms with Gasteiger partial charge in [-0.05, 0) is 48.7 Å². The topological polar surface area (TPSA) is 21.3 Å². The van der Waals surface area contributed by atoms with Gasteiger partial charge in [0.2, 0.25) is 0 Å². The van der Waals surface area contributed by atoms with Crippen LogP contribution in [0.3, 0.4) is 0 Å². The number of benzene rings is 2. The standard InChI is InChI=1S/C17H18ClNO/c1-11-4-3-5-12(2)17(11)19-10-15-9-13-8-14(18)6-7-16(13)20-15/h3-8,15,19H,9-10H2,1-2H3. The van der Waals surface area contributed by atoms with Gasteiger partial charge in [0.1, 0.15) is 11.9 Å². The zero-order valence-electron chi connectivity index (χ0n) is 11.7. The molecule has 104 valence electrons. The van der Waals surface area contributed by atoms with Crippen molar-refractivity contribution in [2.75, 3.05) is 11.9 Å². The molecule has 0 amide bonds. The third-order valence-electron chi connectivity index (χ3n) is 3.75. The average molecular weight is 288 g/mol. The van der Waals surface area contributed by atoms with Crippen LogP contribution < -0.4 is 10.1 Å². The monoisotopic (exact) mass is 287 g/mol. The van der Waals surface area contributed by atoms with Crippen LogP contribution in [-0.2, 0) is 6.42 Å². The first-order valence-corrected chi connectivity index (χ1v) is 7.26. The molecule has 3 rings (SSSR count). The minimum Gasteiger partial charge on any atom is -0.488 e. The largest absolute Gasteiger partial charge is 0.488 e. The number of ether oxygens (including phenoxy) is 1. The molecule has 2 aromatic carbocycles.